The minimum Gasteiger partial charge on any atom is -0.497 e. The smallest absolute Gasteiger partial charge is 0.217 e. The summed E-state index contributed by atoms with van der Waals surface area (Å²) in [7, 11) is 1.63. The van der Waals surface area contributed by atoms with Crippen molar-refractivity contribution in [1.29, 1.82) is 0 Å². The quantitative estimate of drug-likeness (QED) is 0.0372. The van der Waals surface area contributed by atoms with E-state index in [1.807, 2.05) is 244 Å². The van der Waals surface area contributed by atoms with Crippen LogP contribution in [-0.2, 0) is 124 Å². The second kappa shape index (κ2) is 37.2. The van der Waals surface area contributed by atoms with Gasteiger partial charge in [0, 0.05) is 6.92 Å². The van der Waals surface area contributed by atoms with Crippen molar-refractivity contribution in [2.24, 2.45) is 0 Å². The number of nitrogens with one attached hydrogen (secondary N) is 1. The molecular weight excluding hydrogens is 1230 g/mol. The summed E-state index contributed by atoms with van der Waals surface area (Å²) in [5, 5.41) is 3.19. The summed E-state index contributed by atoms with van der Waals surface area (Å²) in [6.45, 7) is 8.88. The number of rotatable bonds is 35. The van der Waals surface area contributed by atoms with Crippen LogP contribution in [0.3, 0.4) is 0 Å². The highest BCUT2D eigenvalue weighted by Crippen LogP contribution is 2.39. The highest BCUT2D eigenvalue weighted by molar-refractivity contribution is 5.73. The van der Waals surface area contributed by atoms with E-state index < -0.39 is 92.1 Å². The van der Waals surface area contributed by atoms with E-state index in [0.717, 1.165) is 44.5 Å². The number of amides is 1. The SMILES string of the molecule is C=CCO[C@H]1[C@H](OCc2ccccc2)[C@H](NC(C)=O)[C@H](O[C@H]2[C@H](OCc3ccccc3)[C@@H](OCc3ccccc3)[C@H](O[C@H]3[C@H](OCc4ccc(OC)cc4)O[C@@H](C)[C@H](OCc4ccccc4)[C@H]3OCc3ccccc3)O[C@@H]2COCc2ccccc2)O[C@@H]1COCc1ccccc1. The predicted molar refractivity (Wildman–Crippen MR) is 364 cm³/mol. The molecule has 17 nitrogen and oxygen atoms in total. The average Bonchev–Trinajstić information content (AvgIpc) is 0.799. The highest BCUT2D eigenvalue weighted by Gasteiger charge is 2.57. The summed E-state index contributed by atoms with van der Waals surface area (Å²) in [6.07, 6.45) is -12.2. The lowest BCUT2D eigenvalue weighted by Gasteiger charge is -2.51. The van der Waals surface area contributed by atoms with Gasteiger partial charge in [0.2, 0.25) is 5.91 Å². The van der Waals surface area contributed by atoms with Gasteiger partial charge >= 0.3 is 0 Å². The molecule has 3 aliphatic heterocycles. The fraction of sp³-hybridized carbons (Fsp3) is 0.362. The summed E-state index contributed by atoms with van der Waals surface area (Å²) in [6, 6.07) is 75.9. The van der Waals surface area contributed by atoms with E-state index in [2.05, 4.69) is 11.9 Å². The summed E-state index contributed by atoms with van der Waals surface area (Å²) in [4.78, 5) is 13.8. The first kappa shape index (κ1) is 70.5. The molecule has 3 saturated heterocycles. The third-order valence-corrected chi connectivity index (χ3v) is 17.1. The fourth-order valence-corrected chi connectivity index (χ4v) is 12.2. The van der Waals surface area contributed by atoms with Crippen molar-refractivity contribution in [3.8, 4) is 5.75 Å². The Balaban J connectivity index is 1.03. The normalized spacial score (nSPS) is 25.6. The third-order valence-electron chi connectivity index (χ3n) is 17.1. The van der Waals surface area contributed by atoms with Crippen molar-refractivity contribution >= 4 is 5.91 Å². The topological polar surface area (TPSA) is 168 Å². The second-order valence-corrected chi connectivity index (χ2v) is 24.3. The Morgan fingerprint density at radius 3 is 1.18 bits per heavy atom. The molecular formula is C80H89NO16. The molecule has 17 heteroatoms. The monoisotopic (exact) mass is 1320 g/mol. The molecule has 1 amide bonds. The Morgan fingerprint density at radius 2 is 0.742 bits per heavy atom. The number of methoxy groups -OCH3 is 1. The Bertz CT molecular complexity index is 3510. The van der Waals surface area contributed by atoms with Gasteiger partial charge < -0.3 is 76.4 Å². The van der Waals surface area contributed by atoms with E-state index in [0.29, 0.717) is 5.75 Å². The van der Waals surface area contributed by atoms with Crippen LogP contribution in [0.25, 0.3) is 0 Å². The van der Waals surface area contributed by atoms with Crippen LogP contribution in [0, 0.1) is 0 Å². The van der Waals surface area contributed by atoms with Crippen LogP contribution in [0.1, 0.15) is 58.4 Å². The number of ether oxygens (including phenoxy) is 15. The Hall–Kier alpha value is -7.79. The zero-order chi connectivity index (χ0) is 66.8. The summed E-state index contributed by atoms with van der Waals surface area (Å²) in [5.74, 6) is 0.341. The molecule has 0 radical (unpaired) electrons. The Morgan fingerprint density at radius 1 is 0.381 bits per heavy atom. The van der Waals surface area contributed by atoms with Crippen molar-refractivity contribution < 1.29 is 75.8 Å². The van der Waals surface area contributed by atoms with Crippen molar-refractivity contribution in [3.63, 3.8) is 0 Å². The number of benzene rings is 8. The van der Waals surface area contributed by atoms with E-state index in [1.165, 1.54) is 6.92 Å². The van der Waals surface area contributed by atoms with Crippen LogP contribution >= 0.6 is 0 Å². The first-order valence-corrected chi connectivity index (χ1v) is 33.3. The van der Waals surface area contributed by atoms with E-state index in [1.54, 1.807) is 13.2 Å². The molecule has 8 aromatic rings. The van der Waals surface area contributed by atoms with Gasteiger partial charge in [0.25, 0.3) is 0 Å². The second-order valence-electron chi connectivity index (χ2n) is 24.3. The molecule has 3 aliphatic rings. The fourth-order valence-electron chi connectivity index (χ4n) is 12.2. The van der Waals surface area contributed by atoms with E-state index >= 15 is 0 Å². The van der Waals surface area contributed by atoms with Gasteiger partial charge in [-0.3, -0.25) is 4.79 Å². The van der Waals surface area contributed by atoms with Crippen molar-refractivity contribution in [2.45, 2.75) is 159 Å². The van der Waals surface area contributed by atoms with Gasteiger partial charge in [0.05, 0.1) is 85.9 Å². The maximum atomic E-state index is 13.8. The number of carbonyl (C=O) groups is 1. The molecule has 0 saturated carbocycles. The van der Waals surface area contributed by atoms with E-state index in [4.69, 9.17) is 71.1 Å². The maximum Gasteiger partial charge on any atom is 0.217 e. The maximum absolute atomic E-state index is 13.8. The van der Waals surface area contributed by atoms with Crippen LogP contribution < -0.4 is 10.1 Å². The zero-order valence-electron chi connectivity index (χ0n) is 55.3. The van der Waals surface area contributed by atoms with Crippen molar-refractivity contribution in [2.75, 3.05) is 26.9 Å². The van der Waals surface area contributed by atoms with Crippen LogP contribution in [0.4, 0.5) is 0 Å². The van der Waals surface area contributed by atoms with Crippen LogP contribution in [0.2, 0.25) is 0 Å². The van der Waals surface area contributed by atoms with Crippen LogP contribution in [-0.4, -0.2) is 125 Å². The van der Waals surface area contributed by atoms with Crippen molar-refractivity contribution in [3.05, 3.63) is 294 Å². The lowest BCUT2D eigenvalue weighted by molar-refractivity contribution is -0.392. The molecule has 0 unspecified atom stereocenters. The molecule has 97 heavy (non-hydrogen) atoms. The molecule has 8 aromatic carbocycles. The van der Waals surface area contributed by atoms with Gasteiger partial charge in [-0.2, -0.15) is 0 Å². The highest BCUT2D eigenvalue weighted by atomic mass is 16.8. The standard InChI is InChI=1S/C80H89NO16/c1-5-45-86-71-67(54-84-46-58-27-13-6-14-28-58)94-78(69(81-57(3)82)73(71)88-49-61-33-19-9-20-34-61)96-72-68(55-85-47-59-29-15-7-16-30-59)95-80(76(91-52-64-39-25-12-26-40-64)75(72)90-51-63-37-23-11-24-38-63)97-77-74(89-50-62-35-21-10-22-36-62)70(87-48-60-31-17-8-18-32-60)56(2)93-79(77)92-53-65-41-43-66(83-4)44-42-65/h5-44,56,67-80H,1,45-55H2,2-4H3,(H,81,82)/t56-,67+,68+,69-,70-,71+,72+,73+,74+,75-,76+,77+,78-,79+,80-/m0/s1. The molecule has 0 aliphatic carbocycles. The Kier molecular flexibility index (Phi) is 27.1. The third kappa shape index (κ3) is 20.6. The van der Waals surface area contributed by atoms with E-state index in [9.17, 15) is 4.79 Å². The lowest BCUT2D eigenvalue weighted by Crippen LogP contribution is -2.69. The molecule has 1 N–H and O–H groups in total. The summed E-state index contributed by atoms with van der Waals surface area (Å²) >= 11 is 0. The molecule has 0 aromatic heterocycles. The van der Waals surface area contributed by atoms with Crippen molar-refractivity contribution in [1.82, 2.24) is 5.32 Å². The van der Waals surface area contributed by atoms with E-state index in [-0.39, 0.29) is 78.6 Å². The molecule has 0 spiro atoms. The van der Waals surface area contributed by atoms with Gasteiger partial charge in [-0.25, -0.2) is 0 Å². The molecule has 510 valence electrons. The molecule has 0 bridgehead atoms. The number of hydrogen-bond acceptors (Lipinski definition) is 16. The molecule has 11 rings (SSSR count). The molecule has 15 atom stereocenters. The first-order valence-electron chi connectivity index (χ1n) is 33.3. The first-order chi connectivity index (χ1) is 47.7. The molecule has 3 fully saturated rings. The average molecular weight is 1320 g/mol. The number of carbonyl (C=O) groups excluding carboxylic acids is 1. The summed E-state index contributed by atoms with van der Waals surface area (Å²) in [5.41, 5.74) is 7.28. The largest absolute Gasteiger partial charge is 0.497 e. The number of hydrogen-bond donors (Lipinski definition) is 1. The van der Waals surface area contributed by atoms with Gasteiger partial charge in [-0.1, -0.05) is 231 Å². The molecule has 3 heterocycles. The Labute approximate surface area is 569 Å². The van der Waals surface area contributed by atoms with Crippen LogP contribution in [0.5, 0.6) is 5.75 Å². The minimum absolute atomic E-state index is 0.0410. The minimum atomic E-state index is -1.31. The van der Waals surface area contributed by atoms with Gasteiger partial charge in [-0.05, 0) is 63.6 Å². The van der Waals surface area contributed by atoms with Gasteiger partial charge in [0.1, 0.15) is 72.8 Å². The predicted octanol–water partition coefficient (Wildman–Crippen LogP) is 12.6. The lowest BCUT2D eigenvalue weighted by atomic mass is 9.94. The van der Waals surface area contributed by atoms with Crippen LogP contribution in [0.15, 0.2) is 249 Å². The van der Waals surface area contributed by atoms with Gasteiger partial charge in [0.15, 0.2) is 18.9 Å². The summed E-state index contributed by atoms with van der Waals surface area (Å²) < 4.78 is 105. The zero-order valence-corrected chi connectivity index (χ0v) is 55.3. The van der Waals surface area contributed by atoms with Gasteiger partial charge in [-0.15, -0.1) is 6.58 Å².